The second-order valence-electron chi connectivity index (χ2n) is 5.19. The van der Waals surface area contributed by atoms with Gasteiger partial charge in [-0.15, -0.1) is 0 Å². The van der Waals surface area contributed by atoms with Gasteiger partial charge in [-0.25, -0.2) is 13.6 Å². The molecule has 0 spiro atoms. The molecule has 1 amide bonds. The first-order chi connectivity index (χ1) is 9.30. The highest BCUT2D eigenvalue weighted by Gasteiger charge is 2.33. The summed E-state index contributed by atoms with van der Waals surface area (Å²) in [5.74, 6) is -0.641. The predicted molar refractivity (Wildman–Crippen MR) is 75.5 cm³/mol. The van der Waals surface area contributed by atoms with Gasteiger partial charge in [0.25, 0.3) is 0 Å². The highest BCUT2D eigenvalue weighted by Crippen LogP contribution is 2.29. The summed E-state index contributed by atoms with van der Waals surface area (Å²) >= 11 is 0. The number of carbonyl (C=O) groups excluding carboxylic acids is 1. The largest absolute Gasteiger partial charge is 0.392 e. The highest BCUT2D eigenvalue weighted by atomic mass is 32.2. The van der Waals surface area contributed by atoms with Gasteiger partial charge in [-0.3, -0.25) is 4.79 Å². The number of aliphatic hydroxyl groups excluding tert-OH is 1. The van der Waals surface area contributed by atoms with Crippen LogP contribution in [-0.4, -0.2) is 31.7 Å². The number of benzene rings is 1. The van der Waals surface area contributed by atoms with E-state index in [0.717, 1.165) is 5.56 Å². The van der Waals surface area contributed by atoms with Crippen molar-refractivity contribution in [3.63, 3.8) is 0 Å². The van der Waals surface area contributed by atoms with E-state index in [4.69, 9.17) is 5.14 Å². The van der Waals surface area contributed by atoms with Crippen LogP contribution in [0.2, 0.25) is 0 Å². The number of aryl methyl sites for hydroxylation is 1. The van der Waals surface area contributed by atoms with E-state index in [1.165, 1.54) is 4.90 Å². The minimum atomic E-state index is -3.59. The molecular weight excluding hydrogens is 280 g/mol. The van der Waals surface area contributed by atoms with E-state index in [-0.39, 0.29) is 30.6 Å². The van der Waals surface area contributed by atoms with Gasteiger partial charge in [-0.1, -0.05) is 17.7 Å². The molecule has 1 aliphatic rings. The zero-order chi connectivity index (χ0) is 14.9. The third kappa shape index (κ3) is 3.36. The van der Waals surface area contributed by atoms with Gasteiger partial charge in [-0.2, -0.15) is 0 Å². The maximum Gasteiger partial charge on any atom is 0.227 e. The molecular formula is C13H18N2O4S. The quantitative estimate of drug-likeness (QED) is 0.825. The molecule has 0 radical (unpaired) electrons. The van der Waals surface area contributed by atoms with Gasteiger partial charge in [-0.05, 0) is 13.0 Å². The van der Waals surface area contributed by atoms with E-state index in [1.54, 1.807) is 6.07 Å². The molecule has 2 rings (SSSR count). The van der Waals surface area contributed by atoms with Crippen LogP contribution in [0.1, 0.15) is 17.5 Å². The number of hydrogen-bond donors (Lipinski definition) is 2. The topological polar surface area (TPSA) is 101 Å². The van der Waals surface area contributed by atoms with Crippen LogP contribution in [-0.2, 0) is 21.4 Å². The average Bonchev–Trinajstić information content (AvgIpc) is 2.67. The molecule has 1 saturated heterocycles. The first-order valence-corrected chi connectivity index (χ1v) is 8.03. The van der Waals surface area contributed by atoms with Crippen molar-refractivity contribution in [2.75, 3.05) is 17.2 Å². The Morgan fingerprint density at radius 3 is 2.75 bits per heavy atom. The van der Waals surface area contributed by atoms with Crippen LogP contribution in [0.4, 0.5) is 5.69 Å². The third-order valence-corrected chi connectivity index (χ3v) is 4.31. The summed E-state index contributed by atoms with van der Waals surface area (Å²) in [6.45, 7) is 2.05. The van der Waals surface area contributed by atoms with Crippen molar-refractivity contribution in [3.05, 3.63) is 29.3 Å². The molecule has 0 saturated carbocycles. The number of primary sulfonamides is 1. The number of anilines is 1. The number of hydrogen-bond acceptors (Lipinski definition) is 4. The van der Waals surface area contributed by atoms with E-state index in [1.807, 2.05) is 19.1 Å². The summed E-state index contributed by atoms with van der Waals surface area (Å²) in [6, 6.07) is 5.45. The fourth-order valence-electron chi connectivity index (χ4n) is 2.56. The van der Waals surface area contributed by atoms with E-state index >= 15 is 0 Å². The lowest BCUT2D eigenvalue weighted by atomic mass is 10.1. The Bertz CT molecular complexity index is 627. The smallest absolute Gasteiger partial charge is 0.227 e. The zero-order valence-corrected chi connectivity index (χ0v) is 12.1. The first kappa shape index (κ1) is 15.0. The number of sulfonamides is 1. The molecule has 1 aliphatic heterocycles. The summed E-state index contributed by atoms with van der Waals surface area (Å²) in [7, 11) is -3.59. The molecule has 7 heteroatoms. The average molecular weight is 298 g/mol. The first-order valence-electron chi connectivity index (χ1n) is 6.31. The van der Waals surface area contributed by atoms with Crippen molar-refractivity contribution in [3.8, 4) is 0 Å². The van der Waals surface area contributed by atoms with Gasteiger partial charge in [0.1, 0.15) is 0 Å². The molecule has 0 aromatic heterocycles. The van der Waals surface area contributed by atoms with Crippen molar-refractivity contribution < 1.29 is 18.3 Å². The molecule has 0 aliphatic carbocycles. The van der Waals surface area contributed by atoms with Crippen molar-refractivity contribution in [2.24, 2.45) is 11.1 Å². The number of nitrogens with two attached hydrogens (primary N) is 1. The Labute approximate surface area is 118 Å². The molecule has 0 bridgehead atoms. The maximum absolute atomic E-state index is 12.0. The monoisotopic (exact) mass is 298 g/mol. The second kappa shape index (κ2) is 5.51. The maximum atomic E-state index is 12.0. The molecule has 1 fully saturated rings. The van der Waals surface area contributed by atoms with Crippen molar-refractivity contribution in [1.82, 2.24) is 0 Å². The van der Waals surface area contributed by atoms with Crippen molar-refractivity contribution in [1.29, 1.82) is 0 Å². The summed E-state index contributed by atoms with van der Waals surface area (Å²) in [6.07, 6.45) is 0.162. The molecule has 110 valence electrons. The Morgan fingerprint density at radius 2 is 2.15 bits per heavy atom. The number of amides is 1. The fourth-order valence-corrected chi connectivity index (χ4v) is 3.44. The molecule has 6 nitrogen and oxygen atoms in total. The Morgan fingerprint density at radius 1 is 1.45 bits per heavy atom. The fraction of sp³-hybridized carbons (Fsp3) is 0.462. The van der Waals surface area contributed by atoms with Crippen LogP contribution in [0.25, 0.3) is 0 Å². The van der Waals surface area contributed by atoms with E-state index < -0.39 is 10.0 Å². The third-order valence-electron chi connectivity index (χ3n) is 3.37. The molecule has 20 heavy (non-hydrogen) atoms. The van der Waals surface area contributed by atoms with Gasteiger partial charge in [0.15, 0.2) is 0 Å². The van der Waals surface area contributed by atoms with Gasteiger partial charge in [0, 0.05) is 30.1 Å². The molecule has 1 unspecified atom stereocenters. The summed E-state index contributed by atoms with van der Waals surface area (Å²) in [5, 5.41) is 14.4. The Balaban J connectivity index is 2.24. The standard InChI is InChI=1S/C13H18N2O4S/c1-9-2-3-12(11(4-9)7-16)15-6-10(5-13(15)17)8-20(14,18)19/h2-4,10,16H,5-8H2,1H3,(H2,14,18,19). The number of carbonyl (C=O) groups is 1. The highest BCUT2D eigenvalue weighted by molar-refractivity contribution is 7.89. The van der Waals surface area contributed by atoms with Gasteiger partial charge >= 0.3 is 0 Å². The van der Waals surface area contributed by atoms with Crippen molar-refractivity contribution >= 4 is 21.6 Å². The van der Waals surface area contributed by atoms with Crippen LogP contribution in [0.15, 0.2) is 18.2 Å². The number of nitrogens with zero attached hydrogens (tertiary/aromatic N) is 1. The number of aliphatic hydroxyl groups is 1. The lowest BCUT2D eigenvalue weighted by Gasteiger charge is -2.20. The lowest BCUT2D eigenvalue weighted by molar-refractivity contribution is -0.117. The summed E-state index contributed by atoms with van der Waals surface area (Å²) in [4.78, 5) is 13.6. The number of rotatable bonds is 4. The minimum Gasteiger partial charge on any atom is -0.392 e. The normalized spacial score (nSPS) is 19.6. The van der Waals surface area contributed by atoms with Crippen LogP contribution in [0.3, 0.4) is 0 Å². The zero-order valence-electron chi connectivity index (χ0n) is 11.2. The molecule has 1 atom stereocenters. The SMILES string of the molecule is Cc1ccc(N2CC(CS(N)(=O)=O)CC2=O)c(CO)c1. The van der Waals surface area contributed by atoms with E-state index in [0.29, 0.717) is 17.8 Å². The van der Waals surface area contributed by atoms with Crippen molar-refractivity contribution in [2.45, 2.75) is 20.0 Å². The summed E-state index contributed by atoms with van der Waals surface area (Å²) < 4.78 is 22.2. The van der Waals surface area contributed by atoms with Crippen LogP contribution >= 0.6 is 0 Å². The molecule has 3 N–H and O–H groups in total. The Kier molecular flexibility index (Phi) is 4.12. The molecule has 1 aromatic carbocycles. The second-order valence-corrected chi connectivity index (χ2v) is 6.85. The van der Waals surface area contributed by atoms with Crippen LogP contribution in [0.5, 0.6) is 0 Å². The van der Waals surface area contributed by atoms with E-state index in [9.17, 15) is 18.3 Å². The Hall–Kier alpha value is -1.44. The summed E-state index contributed by atoms with van der Waals surface area (Å²) in [5.41, 5.74) is 2.29. The molecule has 1 aromatic rings. The molecule has 1 heterocycles. The van der Waals surface area contributed by atoms with Crippen LogP contribution in [0, 0.1) is 12.8 Å². The van der Waals surface area contributed by atoms with Gasteiger partial charge < -0.3 is 10.0 Å². The van der Waals surface area contributed by atoms with E-state index in [2.05, 4.69) is 0 Å². The minimum absolute atomic E-state index is 0.141. The van der Waals surface area contributed by atoms with Gasteiger partial charge in [0.2, 0.25) is 15.9 Å². The predicted octanol–water partition coefficient (Wildman–Crippen LogP) is 0.129. The van der Waals surface area contributed by atoms with Crippen LogP contribution < -0.4 is 10.0 Å². The lowest BCUT2D eigenvalue weighted by Crippen LogP contribution is -2.28. The van der Waals surface area contributed by atoms with Gasteiger partial charge in [0.05, 0.1) is 12.4 Å².